The summed E-state index contributed by atoms with van der Waals surface area (Å²) in [5, 5.41) is 11.2. The standard InChI is InChI=1S/C34H26P2.C18BF15/c1-5-17-28(18-6-1)35(29-19-7-2-8-20-29)32-25-13-15-27-16-14-26-33(34(27)32)36(30-21-9-3-10-22-30)31-23-11-4-12-24-31;20-4-1(5(21)11(27)16(32)10(4)26)19(2-6(22)12(28)17(33)13(29)7(2)23)3-8(24)14(30)18(34)15(31)9(3)25/h1-26H;/q;-1/p+1. The van der Waals surface area contributed by atoms with Crippen molar-refractivity contribution >= 4 is 81.5 Å². The molecular weight excluding hydrogens is 982 g/mol. The largest absolute Gasteiger partial charge is 0.207 e. The Morgan fingerprint density at radius 1 is 0.286 bits per heavy atom. The van der Waals surface area contributed by atoms with Gasteiger partial charge in [0.1, 0.15) is 50.8 Å². The summed E-state index contributed by atoms with van der Waals surface area (Å²) < 4.78 is 209. The summed E-state index contributed by atoms with van der Waals surface area (Å²) in [6, 6.07) is 58.0. The maximum Gasteiger partial charge on any atom is 0.200 e. The molecule has 0 atom stereocenters. The van der Waals surface area contributed by atoms with Crippen LogP contribution in [0.5, 0.6) is 0 Å². The fraction of sp³-hybridized carbons (Fsp3) is 0. The van der Waals surface area contributed by atoms with Gasteiger partial charge in [0.2, 0.25) is 0 Å². The predicted octanol–water partition coefficient (Wildman–Crippen LogP) is 10.4. The highest BCUT2D eigenvalue weighted by molar-refractivity contribution is 7.82. The molecule has 0 saturated carbocycles. The SMILES string of the molecule is Fc1c(F)c(F)c([B-](c2c(F)c(F)c(F)c(F)c2F)c2c(F)c(F)c(F)c(F)c2F)c(F)c1F.c1ccc(P(c2ccccc2)c2cccc3cccc([PH+](c4ccccc4)c4ccccc4)c23)cc1. The molecule has 0 aromatic heterocycles. The molecule has 0 fully saturated rings. The van der Waals surface area contributed by atoms with E-state index in [1.807, 2.05) is 0 Å². The second-order valence-corrected chi connectivity index (χ2v) is 19.8. The van der Waals surface area contributed by atoms with Crippen LogP contribution in [0.4, 0.5) is 65.9 Å². The van der Waals surface area contributed by atoms with Gasteiger partial charge in [0.05, 0.1) is 7.92 Å². The van der Waals surface area contributed by atoms with E-state index in [1.165, 1.54) is 42.6 Å². The van der Waals surface area contributed by atoms with Crippen molar-refractivity contribution in [3.8, 4) is 0 Å². The number of benzene rings is 9. The second-order valence-electron chi connectivity index (χ2n) is 15.2. The van der Waals surface area contributed by atoms with Crippen LogP contribution in [-0.2, 0) is 0 Å². The van der Waals surface area contributed by atoms with E-state index in [4.69, 9.17) is 0 Å². The zero-order valence-corrected chi connectivity index (χ0v) is 37.1. The van der Waals surface area contributed by atoms with Crippen LogP contribution in [0.25, 0.3) is 10.8 Å². The fourth-order valence-corrected chi connectivity index (χ4v) is 13.5. The summed E-state index contributed by atoms with van der Waals surface area (Å²) in [7, 11) is -1.92. The molecule has 70 heavy (non-hydrogen) atoms. The summed E-state index contributed by atoms with van der Waals surface area (Å²) in [4.78, 5) is 0. The van der Waals surface area contributed by atoms with Crippen molar-refractivity contribution in [2.45, 2.75) is 0 Å². The zero-order chi connectivity index (χ0) is 50.1. The first-order valence-corrected chi connectivity index (χ1v) is 23.3. The smallest absolute Gasteiger partial charge is 0.200 e. The Hall–Kier alpha value is -6.89. The van der Waals surface area contributed by atoms with Crippen LogP contribution < -0.4 is 48.2 Å². The van der Waals surface area contributed by atoms with Crippen LogP contribution in [0.1, 0.15) is 0 Å². The number of rotatable bonds is 9. The van der Waals surface area contributed by atoms with Gasteiger partial charge in [0, 0.05) is 5.39 Å². The van der Waals surface area contributed by atoms with Crippen molar-refractivity contribution in [1.82, 2.24) is 0 Å². The molecule has 0 spiro atoms. The second kappa shape index (κ2) is 20.6. The molecule has 0 unspecified atom stereocenters. The number of hydrogen-bond donors (Lipinski definition) is 0. The van der Waals surface area contributed by atoms with Crippen LogP contribution in [0.3, 0.4) is 0 Å². The van der Waals surface area contributed by atoms with Gasteiger partial charge < -0.3 is 0 Å². The van der Waals surface area contributed by atoms with Crippen molar-refractivity contribution in [1.29, 1.82) is 0 Å². The van der Waals surface area contributed by atoms with Crippen LogP contribution in [0, 0.1) is 87.3 Å². The summed E-state index contributed by atoms with van der Waals surface area (Å²) >= 11 is 0. The molecule has 9 aromatic rings. The van der Waals surface area contributed by atoms with E-state index in [9.17, 15) is 65.9 Å². The van der Waals surface area contributed by atoms with Crippen LogP contribution in [-0.4, -0.2) is 6.71 Å². The molecule has 353 valence electrons. The number of hydrogen-bond acceptors (Lipinski definition) is 0. The molecule has 0 amide bonds. The molecule has 9 rings (SSSR count). The highest BCUT2D eigenvalue weighted by Gasteiger charge is 2.36. The fourth-order valence-electron chi connectivity index (χ4n) is 8.04. The Kier molecular flexibility index (Phi) is 14.6. The predicted molar refractivity (Wildman–Crippen MR) is 246 cm³/mol. The maximum absolute atomic E-state index is 14.4. The lowest BCUT2D eigenvalue weighted by molar-refractivity contribution is 0.380. The van der Waals surface area contributed by atoms with Crippen molar-refractivity contribution in [3.63, 3.8) is 0 Å². The first-order chi connectivity index (χ1) is 33.6. The van der Waals surface area contributed by atoms with Gasteiger partial charge in [0.25, 0.3) is 0 Å². The normalized spacial score (nSPS) is 11.5. The van der Waals surface area contributed by atoms with Gasteiger partial charge in [-0.25, -0.2) is 65.9 Å². The lowest BCUT2D eigenvalue weighted by Crippen LogP contribution is -2.60. The molecular formula is C52H27BF15P2. The van der Waals surface area contributed by atoms with Gasteiger partial charge in [-0.3, -0.25) is 0 Å². The van der Waals surface area contributed by atoms with E-state index >= 15 is 0 Å². The van der Waals surface area contributed by atoms with Gasteiger partial charge in [-0.05, 0) is 66.3 Å². The van der Waals surface area contributed by atoms with E-state index in [-0.39, 0.29) is 0 Å². The van der Waals surface area contributed by atoms with Gasteiger partial charge in [-0.2, -0.15) is 16.4 Å². The first kappa shape index (κ1) is 49.5. The lowest BCUT2D eigenvalue weighted by atomic mass is 9.36. The Balaban J connectivity index is 0.000000189. The molecule has 9 aromatic carbocycles. The number of halogens is 15. The van der Waals surface area contributed by atoms with E-state index in [2.05, 4.69) is 158 Å². The first-order valence-electron chi connectivity index (χ1n) is 20.5. The third-order valence-electron chi connectivity index (χ3n) is 11.1. The van der Waals surface area contributed by atoms with Crippen molar-refractivity contribution < 1.29 is 65.9 Å². The molecule has 0 aliphatic heterocycles. The molecule has 1 radical (unpaired) electrons. The van der Waals surface area contributed by atoms with Crippen molar-refractivity contribution in [2.24, 2.45) is 0 Å². The Morgan fingerprint density at radius 3 is 0.900 bits per heavy atom. The zero-order valence-electron chi connectivity index (χ0n) is 35.2. The van der Waals surface area contributed by atoms with Gasteiger partial charge in [0.15, 0.2) is 52.4 Å². The molecule has 18 heteroatoms. The molecule has 0 saturated heterocycles. The van der Waals surface area contributed by atoms with Crippen molar-refractivity contribution in [2.75, 3.05) is 0 Å². The molecule has 0 N–H and O–H groups in total. The third-order valence-corrected chi connectivity index (χ3v) is 16.4. The Labute approximate surface area is 391 Å². The van der Waals surface area contributed by atoms with Crippen LogP contribution in [0.2, 0.25) is 0 Å². The number of fused-ring (bicyclic) bond motifs is 1. The highest BCUT2D eigenvalue weighted by atomic mass is 31.1. The summed E-state index contributed by atoms with van der Waals surface area (Å²) in [6.07, 6.45) is 0. The summed E-state index contributed by atoms with van der Waals surface area (Å²) in [5.41, 5.74) is -8.03. The Morgan fingerprint density at radius 2 is 0.571 bits per heavy atom. The van der Waals surface area contributed by atoms with E-state index < -0.39 is 126 Å². The molecule has 0 heterocycles. The summed E-state index contributed by atoms with van der Waals surface area (Å²) in [5.74, 6) is -45.2. The lowest BCUT2D eigenvalue weighted by Gasteiger charge is -2.33. The highest BCUT2D eigenvalue weighted by Crippen LogP contribution is 2.40. The van der Waals surface area contributed by atoms with Crippen molar-refractivity contribution in [3.05, 3.63) is 245 Å². The maximum atomic E-state index is 14.4. The molecule has 0 aliphatic carbocycles. The van der Waals surface area contributed by atoms with Gasteiger partial charge >= 0.3 is 0 Å². The van der Waals surface area contributed by atoms with E-state index in [0.29, 0.717) is 0 Å². The monoisotopic (exact) mass is 1010 g/mol. The van der Waals surface area contributed by atoms with Crippen LogP contribution >= 0.6 is 15.8 Å². The quantitative estimate of drug-likeness (QED) is 0.0445. The van der Waals surface area contributed by atoms with E-state index in [1.54, 1.807) is 0 Å². The van der Waals surface area contributed by atoms with E-state index in [0.717, 1.165) is 0 Å². The molecule has 0 nitrogen and oxygen atoms in total. The van der Waals surface area contributed by atoms with Gasteiger partial charge in [-0.15, -0.1) is 0 Å². The molecule has 0 aliphatic rings. The molecule has 0 bridgehead atoms. The minimum Gasteiger partial charge on any atom is -0.207 e. The summed E-state index contributed by atoms with van der Waals surface area (Å²) in [6.45, 7) is -3.96. The third kappa shape index (κ3) is 8.95. The average Bonchev–Trinajstić information content (AvgIpc) is 3.39. The van der Waals surface area contributed by atoms with Crippen LogP contribution in [0.15, 0.2) is 158 Å². The Bertz CT molecular complexity index is 2950. The minimum atomic E-state index is -3.96. The van der Waals surface area contributed by atoms with Gasteiger partial charge in [-0.1, -0.05) is 127 Å². The topological polar surface area (TPSA) is 0 Å². The average molecular weight is 1010 g/mol. The minimum absolute atomic E-state index is 0.708.